The minimum absolute atomic E-state index is 0. The van der Waals surface area contributed by atoms with Crippen LogP contribution in [0.3, 0.4) is 0 Å². The van der Waals surface area contributed by atoms with Crippen LogP contribution in [0.15, 0.2) is 0 Å². The summed E-state index contributed by atoms with van der Waals surface area (Å²) in [5.74, 6) is -5.02. The van der Waals surface area contributed by atoms with Gasteiger partial charge in [0.05, 0.1) is 12.8 Å². The normalized spacial score (nSPS) is 9.40. The Labute approximate surface area is 143 Å². The number of aliphatic hydroxyl groups is 1. The van der Waals surface area contributed by atoms with Crippen molar-refractivity contribution in [2.24, 2.45) is 0 Å². The third kappa shape index (κ3) is 8.57. The van der Waals surface area contributed by atoms with Gasteiger partial charge in [-0.3, -0.25) is 9.59 Å². The van der Waals surface area contributed by atoms with Crippen LogP contribution in [0.2, 0.25) is 0 Å². The fourth-order valence-corrected chi connectivity index (χ4v) is 0.714. The first-order chi connectivity index (χ1) is 5.78. The summed E-state index contributed by atoms with van der Waals surface area (Å²) in [5, 5.41) is 33.8. The summed E-state index contributed by atoms with van der Waals surface area (Å²) in [7, 11) is 0. The van der Waals surface area contributed by atoms with E-state index in [1.165, 1.54) is 0 Å². The molecule has 0 aliphatic rings. The van der Waals surface area contributed by atoms with Gasteiger partial charge in [0.25, 0.3) is 0 Å². The zero-order valence-electron chi connectivity index (χ0n) is 6.43. The molecule has 7 nitrogen and oxygen atoms in total. The summed E-state index contributed by atoms with van der Waals surface area (Å²) in [6, 6.07) is 0. The first-order valence-electron chi connectivity index (χ1n) is 3.17. The molecule has 0 amide bonds. The number of aliphatic carboxylic acids is 3. The van der Waals surface area contributed by atoms with E-state index in [0.29, 0.717) is 0 Å². The molecular formula is C6H11KMgO7. The van der Waals surface area contributed by atoms with Gasteiger partial charge in [-0.05, 0) is 0 Å². The van der Waals surface area contributed by atoms with Gasteiger partial charge in [-0.25, -0.2) is 4.79 Å². The van der Waals surface area contributed by atoms with Crippen molar-refractivity contribution >= 4 is 92.3 Å². The maximum atomic E-state index is 10.3. The molecule has 80 valence electrons. The minimum Gasteiger partial charge on any atom is 0.316 e. The molecule has 0 aromatic heterocycles. The molecule has 0 unspecified atom stereocenters. The van der Waals surface area contributed by atoms with Gasteiger partial charge in [0.2, 0.25) is 0 Å². The van der Waals surface area contributed by atoms with Crippen LogP contribution in [0.5, 0.6) is 0 Å². The maximum Gasteiger partial charge on any atom is 0.316 e. The van der Waals surface area contributed by atoms with Crippen LogP contribution in [-0.4, -0.2) is 118 Å². The number of carbonyl (C=O) groups is 3. The average molecular weight is 259 g/mol. The number of hydrogen-bond acceptors (Lipinski definition) is 4. The fraction of sp³-hybridized carbons (Fsp3) is 0.500. The van der Waals surface area contributed by atoms with Gasteiger partial charge in [-0.15, -0.1) is 0 Å². The van der Waals surface area contributed by atoms with Crippen LogP contribution >= 0.6 is 0 Å². The number of carboxylic acids is 3. The maximum absolute atomic E-state index is 10.3. The van der Waals surface area contributed by atoms with Crippen LogP contribution in [0, 0.1) is 0 Å². The van der Waals surface area contributed by atoms with E-state index in [4.69, 9.17) is 20.4 Å². The SMILES string of the molecule is O=C(O)CC(O)(CC(=O)O)C(=O)O.[KH].[MgH2]. The van der Waals surface area contributed by atoms with E-state index in [-0.39, 0.29) is 74.4 Å². The van der Waals surface area contributed by atoms with E-state index in [2.05, 4.69) is 0 Å². The van der Waals surface area contributed by atoms with Crippen molar-refractivity contribution in [1.29, 1.82) is 0 Å². The Bertz CT molecular complexity index is 238. The molecule has 0 saturated carbocycles. The Hall–Kier alpha value is 0.773. The number of hydrogen-bond donors (Lipinski definition) is 4. The zero-order valence-corrected chi connectivity index (χ0v) is 6.43. The van der Waals surface area contributed by atoms with E-state index in [9.17, 15) is 14.4 Å². The van der Waals surface area contributed by atoms with E-state index >= 15 is 0 Å². The summed E-state index contributed by atoms with van der Waals surface area (Å²) < 4.78 is 0. The molecule has 0 bridgehead atoms. The van der Waals surface area contributed by atoms with Gasteiger partial charge in [0.1, 0.15) is 0 Å². The summed E-state index contributed by atoms with van der Waals surface area (Å²) in [6.07, 6.45) is -2.29. The average Bonchev–Trinajstić information content (AvgIpc) is 1.82. The molecule has 0 spiro atoms. The van der Waals surface area contributed by atoms with Crippen molar-refractivity contribution in [1.82, 2.24) is 0 Å². The van der Waals surface area contributed by atoms with E-state index in [1.807, 2.05) is 0 Å². The van der Waals surface area contributed by atoms with Gasteiger partial charge in [0, 0.05) is 0 Å². The third-order valence-corrected chi connectivity index (χ3v) is 1.29. The molecule has 0 aliphatic carbocycles. The van der Waals surface area contributed by atoms with Crippen LogP contribution in [0.1, 0.15) is 12.8 Å². The van der Waals surface area contributed by atoms with Crippen molar-refractivity contribution < 1.29 is 34.8 Å². The predicted molar refractivity (Wildman–Crippen MR) is 52.8 cm³/mol. The van der Waals surface area contributed by atoms with Crippen LogP contribution in [0.4, 0.5) is 0 Å². The smallest absolute Gasteiger partial charge is 0.316 e. The minimum atomic E-state index is -2.74. The quantitative estimate of drug-likeness (QED) is 0.391. The predicted octanol–water partition coefficient (Wildman–Crippen LogP) is -2.81. The second kappa shape index (κ2) is 8.87. The van der Waals surface area contributed by atoms with Gasteiger partial charge in [-0.1, -0.05) is 0 Å². The summed E-state index contributed by atoms with van der Waals surface area (Å²) >= 11 is 0. The van der Waals surface area contributed by atoms with Gasteiger partial charge >= 0.3 is 92.3 Å². The van der Waals surface area contributed by atoms with Crippen LogP contribution < -0.4 is 0 Å². The molecule has 0 rings (SSSR count). The monoisotopic (exact) mass is 258 g/mol. The molecule has 0 heterocycles. The van der Waals surface area contributed by atoms with Crippen molar-refractivity contribution in [2.75, 3.05) is 0 Å². The van der Waals surface area contributed by atoms with E-state index in [1.54, 1.807) is 0 Å². The Morgan fingerprint density at radius 1 is 0.933 bits per heavy atom. The van der Waals surface area contributed by atoms with Gasteiger partial charge < -0.3 is 20.4 Å². The first-order valence-corrected chi connectivity index (χ1v) is 3.17. The Balaban J connectivity index is -0.000000720. The molecule has 0 atom stereocenters. The molecule has 0 aliphatic heterocycles. The Kier molecular flexibility index (Phi) is 12.5. The van der Waals surface area contributed by atoms with Crippen molar-refractivity contribution in [3.63, 3.8) is 0 Å². The molecular weight excluding hydrogens is 247 g/mol. The Morgan fingerprint density at radius 3 is 1.33 bits per heavy atom. The van der Waals surface area contributed by atoms with Crippen molar-refractivity contribution in [3.8, 4) is 0 Å². The Morgan fingerprint density at radius 2 is 1.20 bits per heavy atom. The van der Waals surface area contributed by atoms with Gasteiger partial charge in [0.15, 0.2) is 5.60 Å². The van der Waals surface area contributed by atoms with Crippen LogP contribution in [-0.2, 0) is 14.4 Å². The largest absolute Gasteiger partial charge is 0.316 e. The van der Waals surface area contributed by atoms with E-state index in [0.717, 1.165) is 0 Å². The number of rotatable bonds is 5. The van der Waals surface area contributed by atoms with Gasteiger partial charge in [-0.2, -0.15) is 0 Å². The standard InChI is InChI=1S/C6H8O7.K.Mg.3H/c7-3(8)1-6(13,5(11)12)2-4(9)10;;;;;/h13H,1-2H2,(H,7,8)(H,9,10)(H,11,12);;;;;. The molecule has 0 fully saturated rings. The second-order valence-electron chi connectivity index (χ2n) is 2.48. The topological polar surface area (TPSA) is 132 Å². The molecule has 15 heavy (non-hydrogen) atoms. The molecule has 4 N–H and O–H groups in total. The zero-order chi connectivity index (χ0) is 10.6. The van der Waals surface area contributed by atoms with E-state index < -0.39 is 36.4 Å². The summed E-state index contributed by atoms with van der Waals surface area (Å²) in [6.45, 7) is 0. The third-order valence-electron chi connectivity index (χ3n) is 1.29. The molecule has 0 radical (unpaired) electrons. The fourth-order valence-electron chi connectivity index (χ4n) is 0.714. The summed E-state index contributed by atoms with van der Waals surface area (Å²) in [4.78, 5) is 30.5. The first kappa shape index (κ1) is 21.1. The van der Waals surface area contributed by atoms with Crippen molar-refractivity contribution in [3.05, 3.63) is 0 Å². The van der Waals surface area contributed by atoms with Crippen LogP contribution in [0.25, 0.3) is 0 Å². The second-order valence-corrected chi connectivity index (χ2v) is 2.48. The van der Waals surface area contributed by atoms with Crippen molar-refractivity contribution in [2.45, 2.75) is 18.4 Å². The summed E-state index contributed by atoms with van der Waals surface area (Å²) in [5.41, 5.74) is -2.74. The molecule has 0 aromatic rings. The molecule has 9 heteroatoms. The molecule has 0 saturated heterocycles. The molecule has 0 aromatic carbocycles. The number of carboxylic acid groups (broad SMARTS) is 3.